The molecule has 0 bridgehead atoms. The molecule has 2 unspecified atom stereocenters. The third-order valence-corrected chi connectivity index (χ3v) is 13.3. The first-order valence-electron chi connectivity index (χ1n) is 25.6. The van der Waals surface area contributed by atoms with Crippen LogP contribution in [0, 0.1) is 13.8 Å². The van der Waals surface area contributed by atoms with Gasteiger partial charge in [0.15, 0.2) is 0 Å². The number of hydrogen-bond acceptors (Lipinski definition) is 12. The highest BCUT2D eigenvalue weighted by Gasteiger charge is 2.31. The first-order valence-corrected chi connectivity index (χ1v) is 25.6. The molecule has 4 heterocycles. The highest BCUT2D eigenvalue weighted by molar-refractivity contribution is 6.00. The number of fused-ring (bicyclic) bond motifs is 2. The fourth-order valence-electron chi connectivity index (χ4n) is 9.46. The van der Waals surface area contributed by atoms with Crippen LogP contribution in [0.25, 0.3) is 22.1 Å². The zero-order valence-corrected chi connectivity index (χ0v) is 45.6. The summed E-state index contributed by atoms with van der Waals surface area (Å²) in [5.41, 5.74) is 17.9. The van der Waals surface area contributed by atoms with Gasteiger partial charge < -0.3 is 58.2 Å². The van der Waals surface area contributed by atoms with E-state index in [9.17, 15) is 19.2 Å². The zero-order chi connectivity index (χ0) is 55.9. The van der Waals surface area contributed by atoms with Crippen LogP contribution in [0.3, 0.4) is 0 Å². The van der Waals surface area contributed by atoms with E-state index in [2.05, 4.69) is 10.2 Å². The van der Waals surface area contributed by atoms with Gasteiger partial charge in [-0.1, -0.05) is 24.3 Å². The summed E-state index contributed by atoms with van der Waals surface area (Å²) in [7, 11) is 6.64. The van der Waals surface area contributed by atoms with E-state index in [-0.39, 0.29) is 84.8 Å². The highest BCUT2D eigenvalue weighted by atomic mass is 16.5. The average Bonchev–Trinajstić information content (AvgIpc) is 4.25. The van der Waals surface area contributed by atoms with Crippen LogP contribution in [0.5, 0.6) is 23.0 Å². The van der Waals surface area contributed by atoms with Crippen molar-refractivity contribution in [3.05, 3.63) is 141 Å². The fraction of sp³-hybridized carbons (Fsp3) is 0.357. The van der Waals surface area contributed by atoms with Crippen molar-refractivity contribution in [2.75, 3.05) is 27.4 Å². The SMILES string of the molecule is CCOC(Cn1/c(=N/C(=O)c2cc(C)nn2CC)n(C)c2cc(C(N)=O)cc(OCc3ccc(OC)cc3)c21)C(Cn1/c(=N/C(=O)c2cc(C)nn2CC)n(C)c2cc(C(N)=O)cc(OCc3ccc(OC)cc3)c21)OCC. The van der Waals surface area contributed by atoms with Gasteiger partial charge in [-0.3, -0.25) is 28.5 Å². The number of aryl methyl sites for hydroxylation is 6. The minimum absolute atomic E-state index is 0.0127. The number of aromatic nitrogens is 8. The Morgan fingerprint density at radius 1 is 0.564 bits per heavy atom. The molecule has 4 aromatic heterocycles. The maximum absolute atomic E-state index is 14.4. The molecule has 0 spiro atoms. The molecule has 0 aliphatic heterocycles. The average molecular weight is 1070 g/mol. The minimum Gasteiger partial charge on any atom is -0.497 e. The van der Waals surface area contributed by atoms with Crippen LogP contribution < -0.4 is 41.7 Å². The molecule has 0 aliphatic rings. The molecule has 78 heavy (non-hydrogen) atoms. The van der Waals surface area contributed by atoms with Crippen molar-refractivity contribution in [3.63, 3.8) is 0 Å². The number of imidazole rings is 2. The van der Waals surface area contributed by atoms with Crippen molar-refractivity contribution in [1.82, 2.24) is 37.8 Å². The largest absolute Gasteiger partial charge is 0.497 e. The van der Waals surface area contributed by atoms with Gasteiger partial charge in [0, 0.05) is 51.5 Å². The lowest BCUT2D eigenvalue weighted by Gasteiger charge is -2.28. The van der Waals surface area contributed by atoms with E-state index in [4.69, 9.17) is 49.9 Å². The van der Waals surface area contributed by atoms with Gasteiger partial charge in [0.1, 0.15) is 70.8 Å². The number of nitrogens with zero attached hydrogens (tertiary/aromatic N) is 10. The van der Waals surface area contributed by atoms with Gasteiger partial charge in [0.05, 0.1) is 49.7 Å². The summed E-state index contributed by atoms with van der Waals surface area (Å²) in [5, 5.41) is 9.01. The van der Waals surface area contributed by atoms with Crippen molar-refractivity contribution in [1.29, 1.82) is 0 Å². The van der Waals surface area contributed by atoms with E-state index in [0.29, 0.717) is 58.0 Å². The van der Waals surface area contributed by atoms with Crippen molar-refractivity contribution in [2.45, 2.75) is 93.1 Å². The molecule has 0 fully saturated rings. The monoisotopic (exact) mass is 1070 g/mol. The second kappa shape index (κ2) is 24.1. The van der Waals surface area contributed by atoms with E-state index in [1.165, 1.54) is 0 Å². The summed E-state index contributed by atoms with van der Waals surface area (Å²) >= 11 is 0. The molecule has 0 saturated heterocycles. The Hall–Kier alpha value is -8.76. The number of benzene rings is 4. The molecule has 4 N–H and O–H groups in total. The highest BCUT2D eigenvalue weighted by Crippen LogP contribution is 2.32. The minimum atomic E-state index is -0.854. The molecular weight excluding hydrogens is 1000 g/mol. The third kappa shape index (κ3) is 11.6. The molecule has 8 aromatic rings. The molecule has 0 saturated carbocycles. The Bertz CT molecular complexity index is 3430. The lowest BCUT2D eigenvalue weighted by atomic mass is 10.1. The van der Waals surface area contributed by atoms with Gasteiger partial charge in [-0.2, -0.15) is 20.2 Å². The summed E-state index contributed by atoms with van der Waals surface area (Å²) in [5.74, 6) is -0.657. The van der Waals surface area contributed by atoms with Crippen LogP contribution in [-0.2, 0) is 63.0 Å². The predicted molar refractivity (Wildman–Crippen MR) is 289 cm³/mol. The second-order valence-corrected chi connectivity index (χ2v) is 18.4. The van der Waals surface area contributed by atoms with Gasteiger partial charge in [-0.25, -0.2) is 0 Å². The molecular formula is C56H66N12O10. The smallest absolute Gasteiger partial charge is 0.298 e. The molecule has 4 amide bonds. The summed E-state index contributed by atoms with van der Waals surface area (Å²) in [6.45, 7) is 12.5. The predicted octanol–water partition coefficient (Wildman–Crippen LogP) is 5.69. The molecule has 2 atom stereocenters. The van der Waals surface area contributed by atoms with Crippen LogP contribution in [-0.4, -0.2) is 101 Å². The number of carbonyl (C=O) groups is 4. The Kier molecular flexibility index (Phi) is 17.1. The zero-order valence-electron chi connectivity index (χ0n) is 45.6. The lowest BCUT2D eigenvalue weighted by molar-refractivity contribution is -0.0801. The number of primary amides is 2. The van der Waals surface area contributed by atoms with Crippen molar-refractivity contribution >= 4 is 45.7 Å². The van der Waals surface area contributed by atoms with Gasteiger partial charge in [0.25, 0.3) is 11.8 Å². The Morgan fingerprint density at radius 3 is 1.26 bits per heavy atom. The van der Waals surface area contributed by atoms with E-state index < -0.39 is 35.8 Å². The Labute approximate surface area is 450 Å². The van der Waals surface area contributed by atoms with E-state index in [1.54, 1.807) is 97.1 Å². The maximum Gasteiger partial charge on any atom is 0.298 e. The molecule has 0 aliphatic carbocycles. The molecule has 410 valence electrons. The lowest BCUT2D eigenvalue weighted by Crippen LogP contribution is -2.43. The quantitative estimate of drug-likeness (QED) is 0.0784. The number of amides is 4. The first-order chi connectivity index (χ1) is 37.5. The van der Waals surface area contributed by atoms with E-state index in [0.717, 1.165) is 11.1 Å². The van der Waals surface area contributed by atoms with Crippen LogP contribution >= 0.6 is 0 Å². The molecule has 22 nitrogen and oxygen atoms in total. The van der Waals surface area contributed by atoms with E-state index in [1.807, 2.05) is 85.4 Å². The fourth-order valence-corrected chi connectivity index (χ4v) is 9.46. The molecule has 0 radical (unpaired) electrons. The first kappa shape index (κ1) is 55.5. The summed E-state index contributed by atoms with van der Waals surface area (Å²) in [6, 6.07) is 24.5. The van der Waals surface area contributed by atoms with Crippen LogP contribution in [0.4, 0.5) is 0 Å². The van der Waals surface area contributed by atoms with Gasteiger partial charge in [-0.15, -0.1) is 0 Å². The Balaban J connectivity index is 1.34. The van der Waals surface area contributed by atoms with Crippen molar-refractivity contribution < 1.29 is 47.6 Å². The molecule has 4 aromatic carbocycles. The summed E-state index contributed by atoms with van der Waals surface area (Å²) in [4.78, 5) is 64.5. The van der Waals surface area contributed by atoms with E-state index >= 15 is 0 Å². The number of carbonyl (C=O) groups excluding carboxylic acids is 4. The topological polar surface area (TPSA) is 256 Å². The number of hydrogen-bond donors (Lipinski definition) is 2. The van der Waals surface area contributed by atoms with Gasteiger partial charge in [-0.05, 0) is 113 Å². The normalized spacial score (nSPS) is 12.8. The third-order valence-electron chi connectivity index (χ3n) is 13.3. The maximum atomic E-state index is 14.4. The van der Waals surface area contributed by atoms with Gasteiger partial charge in [0.2, 0.25) is 23.1 Å². The summed E-state index contributed by atoms with van der Waals surface area (Å²) < 4.78 is 47.6. The van der Waals surface area contributed by atoms with Crippen molar-refractivity contribution in [2.24, 2.45) is 35.5 Å². The standard InChI is InChI=1S/C56H66N12O10/c1-11-67-43(23-33(5)61-67)53(71)59-55-63(7)41-25-37(51(57)69)27-45(77-31-35-15-19-39(73-9)20-16-35)49(41)65(55)29-47(75-13-3)48(76-14-4)30-66-50-42(64(8)56(66)60-54(72)44-24-34(6)62-68(44)12-2)26-38(52(58)70)28-46(50)78-32-36-17-21-40(74-10)22-18-36/h15-28,47-48H,11-14,29-32H2,1-10H3,(H2,57,69)(H2,58,70)/b59-55+,60-56+. The van der Waals surface area contributed by atoms with Crippen LogP contribution in [0.2, 0.25) is 0 Å². The van der Waals surface area contributed by atoms with Crippen LogP contribution in [0.1, 0.15) is 91.9 Å². The Morgan fingerprint density at radius 2 is 0.936 bits per heavy atom. The second-order valence-electron chi connectivity index (χ2n) is 18.4. The number of nitrogens with two attached hydrogens (primary N) is 2. The number of ether oxygens (including phenoxy) is 6. The van der Waals surface area contributed by atoms with Crippen LogP contribution in [0.15, 0.2) is 94.9 Å². The van der Waals surface area contributed by atoms with Gasteiger partial charge >= 0.3 is 0 Å². The summed E-state index contributed by atoms with van der Waals surface area (Å²) in [6.07, 6.45) is -1.71. The number of rotatable bonds is 23. The number of methoxy groups -OCH3 is 2. The van der Waals surface area contributed by atoms with Crippen molar-refractivity contribution in [3.8, 4) is 23.0 Å². The molecule has 22 heteroatoms. The molecule has 8 rings (SSSR count).